The molecular formula is C12H6Cl3NO3. The van der Waals surface area contributed by atoms with Crippen LogP contribution < -0.4 is 4.74 Å². The van der Waals surface area contributed by atoms with E-state index in [1.54, 1.807) is 12.1 Å². The van der Waals surface area contributed by atoms with Crippen LogP contribution in [0, 0.1) is 10.1 Å². The third kappa shape index (κ3) is 3.10. The lowest BCUT2D eigenvalue weighted by atomic mass is 10.3. The Morgan fingerprint density at radius 1 is 0.947 bits per heavy atom. The number of benzene rings is 2. The van der Waals surface area contributed by atoms with Crippen LogP contribution in [-0.2, 0) is 0 Å². The van der Waals surface area contributed by atoms with Crippen molar-refractivity contribution in [1.29, 1.82) is 0 Å². The van der Waals surface area contributed by atoms with Gasteiger partial charge in [-0.2, -0.15) is 0 Å². The van der Waals surface area contributed by atoms with E-state index in [1.165, 1.54) is 24.3 Å². The highest BCUT2D eigenvalue weighted by Crippen LogP contribution is 2.40. The summed E-state index contributed by atoms with van der Waals surface area (Å²) < 4.78 is 5.48. The Hall–Kier alpha value is -1.49. The lowest BCUT2D eigenvalue weighted by Crippen LogP contribution is -1.90. The van der Waals surface area contributed by atoms with Gasteiger partial charge in [-0.1, -0.05) is 34.8 Å². The topological polar surface area (TPSA) is 52.4 Å². The van der Waals surface area contributed by atoms with Gasteiger partial charge in [0, 0.05) is 12.1 Å². The van der Waals surface area contributed by atoms with Gasteiger partial charge in [0.15, 0.2) is 5.75 Å². The van der Waals surface area contributed by atoms with Crippen molar-refractivity contribution >= 4 is 40.5 Å². The first-order valence-corrected chi connectivity index (χ1v) is 6.18. The van der Waals surface area contributed by atoms with Crippen LogP contribution in [0.4, 0.5) is 5.69 Å². The highest BCUT2D eigenvalue weighted by Gasteiger charge is 2.13. The molecule has 19 heavy (non-hydrogen) atoms. The number of rotatable bonds is 3. The van der Waals surface area contributed by atoms with Gasteiger partial charge in [0.2, 0.25) is 0 Å². The van der Waals surface area contributed by atoms with Crippen LogP contribution >= 0.6 is 34.8 Å². The van der Waals surface area contributed by atoms with E-state index >= 15 is 0 Å². The Labute approximate surface area is 123 Å². The first kappa shape index (κ1) is 13.9. The maximum Gasteiger partial charge on any atom is 0.269 e. The molecule has 0 saturated carbocycles. The van der Waals surface area contributed by atoms with Crippen LogP contribution in [0.3, 0.4) is 0 Å². The van der Waals surface area contributed by atoms with Crippen molar-refractivity contribution in [2.45, 2.75) is 0 Å². The van der Waals surface area contributed by atoms with Crippen LogP contribution in [-0.4, -0.2) is 4.92 Å². The lowest BCUT2D eigenvalue weighted by molar-refractivity contribution is -0.384. The SMILES string of the molecule is O=[N+]([O-])c1ccc(Oc2c(Cl)ccc(Cl)c2Cl)cc1. The Morgan fingerprint density at radius 3 is 2.11 bits per heavy atom. The van der Waals surface area contributed by atoms with Gasteiger partial charge in [0.05, 0.1) is 15.0 Å². The maximum atomic E-state index is 10.5. The Morgan fingerprint density at radius 2 is 1.53 bits per heavy atom. The predicted molar refractivity (Wildman–Crippen MR) is 74.6 cm³/mol. The number of non-ortho nitro benzene ring substituents is 1. The van der Waals surface area contributed by atoms with E-state index in [0.717, 1.165) is 0 Å². The number of nitro benzene ring substituents is 1. The van der Waals surface area contributed by atoms with E-state index in [-0.39, 0.29) is 16.5 Å². The Kier molecular flexibility index (Phi) is 4.14. The summed E-state index contributed by atoms with van der Waals surface area (Å²) in [7, 11) is 0. The second kappa shape index (κ2) is 5.65. The average molecular weight is 319 g/mol. The van der Waals surface area contributed by atoms with Crippen molar-refractivity contribution in [1.82, 2.24) is 0 Å². The minimum atomic E-state index is -0.497. The molecule has 0 fully saturated rings. The van der Waals surface area contributed by atoms with Crippen molar-refractivity contribution in [2.75, 3.05) is 0 Å². The van der Waals surface area contributed by atoms with Gasteiger partial charge in [-0.05, 0) is 24.3 Å². The molecule has 0 N–H and O–H groups in total. The summed E-state index contributed by atoms with van der Waals surface area (Å²) in [6.07, 6.45) is 0. The largest absolute Gasteiger partial charge is 0.454 e. The molecule has 2 rings (SSSR count). The summed E-state index contributed by atoms with van der Waals surface area (Å²) in [5, 5.41) is 11.3. The molecule has 2 aromatic carbocycles. The van der Waals surface area contributed by atoms with Crippen LogP contribution in [0.5, 0.6) is 11.5 Å². The van der Waals surface area contributed by atoms with Crippen molar-refractivity contribution in [3.8, 4) is 11.5 Å². The molecule has 0 unspecified atom stereocenters. The van der Waals surface area contributed by atoms with Crippen molar-refractivity contribution in [2.24, 2.45) is 0 Å². The summed E-state index contributed by atoms with van der Waals surface area (Å²) in [6, 6.07) is 8.65. The molecule has 7 heteroatoms. The molecule has 0 aliphatic heterocycles. The van der Waals surface area contributed by atoms with Gasteiger partial charge in [-0.15, -0.1) is 0 Å². The van der Waals surface area contributed by atoms with E-state index in [2.05, 4.69) is 0 Å². The average Bonchev–Trinajstić information content (AvgIpc) is 2.40. The highest BCUT2D eigenvalue weighted by atomic mass is 35.5. The van der Waals surface area contributed by atoms with Gasteiger partial charge < -0.3 is 4.74 Å². The highest BCUT2D eigenvalue weighted by molar-refractivity contribution is 6.44. The van der Waals surface area contributed by atoms with E-state index in [4.69, 9.17) is 39.5 Å². The summed E-state index contributed by atoms with van der Waals surface area (Å²) in [5.41, 5.74) is -0.0318. The summed E-state index contributed by atoms with van der Waals surface area (Å²) >= 11 is 17.8. The number of nitrogens with zero attached hydrogens (tertiary/aromatic N) is 1. The Balaban J connectivity index is 2.31. The van der Waals surface area contributed by atoms with E-state index < -0.39 is 4.92 Å². The molecule has 4 nitrogen and oxygen atoms in total. The smallest absolute Gasteiger partial charge is 0.269 e. The van der Waals surface area contributed by atoms with Crippen molar-refractivity contribution in [3.05, 3.63) is 61.6 Å². The molecular weight excluding hydrogens is 312 g/mol. The Bertz CT molecular complexity index is 629. The minimum Gasteiger partial charge on any atom is -0.454 e. The van der Waals surface area contributed by atoms with Crippen LogP contribution in [0.2, 0.25) is 15.1 Å². The fraction of sp³-hybridized carbons (Fsp3) is 0. The summed E-state index contributed by atoms with van der Waals surface area (Å²) in [4.78, 5) is 10.0. The summed E-state index contributed by atoms with van der Waals surface area (Å²) in [6.45, 7) is 0. The quantitative estimate of drug-likeness (QED) is 0.435. The minimum absolute atomic E-state index is 0.0318. The second-order valence-corrected chi connectivity index (χ2v) is 4.72. The lowest BCUT2D eigenvalue weighted by Gasteiger charge is -2.10. The normalized spacial score (nSPS) is 10.3. The van der Waals surface area contributed by atoms with Gasteiger partial charge in [0.25, 0.3) is 5.69 Å². The number of nitro groups is 1. The van der Waals surface area contributed by atoms with Gasteiger partial charge in [-0.25, -0.2) is 0 Å². The standard InChI is InChI=1S/C12H6Cl3NO3/c13-9-5-6-10(14)12(11(9)15)19-8-3-1-7(2-4-8)16(17)18/h1-6H. The molecule has 2 aromatic rings. The molecule has 0 amide bonds. The molecule has 0 aliphatic rings. The maximum absolute atomic E-state index is 10.5. The molecule has 0 atom stereocenters. The first-order chi connectivity index (χ1) is 8.99. The van der Waals surface area contributed by atoms with Crippen molar-refractivity contribution in [3.63, 3.8) is 0 Å². The molecule has 0 aromatic heterocycles. The monoisotopic (exact) mass is 317 g/mol. The fourth-order valence-electron chi connectivity index (χ4n) is 1.36. The third-order valence-corrected chi connectivity index (χ3v) is 3.35. The fourth-order valence-corrected chi connectivity index (χ4v) is 1.95. The number of hydrogen-bond donors (Lipinski definition) is 0. The predicted octanol–water partition coefficient (Wildman–Crippen LogP) is 5.35. The third-order valence-electron chi connectivity index (χ3n) is 2.27. The zero-order valence-corrected chi connectivity index (χ0v) is 11.5. The van der Waals surface area contributed by atoms with E-state index in [9.17, 15) is 10.1 Å². The van der Waals surface area contributed by atoms with Crippen LogP contribution in [0.1, 0.15) is 0 Å². The molecule has 0 bridgehead atoms. The van der Waals surface area contributed by atoms with Gasteiger partial charge in [-0.3, -0.25) is 10.1 Å². The van der Waals surface area contributed by atoms with Gasteiger partial charge in [0.1, 0.15) is 10.8 Å². The second-order valence-electron chi connectivity index (χ2n) is 3.53. The van der Waals surface area contributed by atoms with E-state index in [0.29, 0.717) is 15.8 Å². The summed E-state index contributed by atoms with van der Waals surface area (Å²) in [5.74, 6) is 0.585. The first-order valence-electron chi connectivity index (χ1n) is 5.05. The molecule has 0 saturated heterocycles. The van der Waals surface area contributed by atoms with Crippen LogP contribution in [0.25, 0.3) is 0 Å². The number of hydrogen-bond acceptors (Lipinski definition) is 3. The molecule has 0 radical (unpaired) electrons. The van der Waals surface area contributed by atoms with E-state index in [1.807, 2.05) is 0 Å². The van der Waals surface area contributed by atoms with Gasteiger partial charge >= 0.3 is 0 Å². The molecule has 0 aliphatic carbocycles. The molecule has 0 spiro atoms. The molecule has 0 heterocycles. The van der Waals surface area contributed by atoms with Crippen LogP contribution in [0.15, 0.2) is 36.4 Å². The zero-order chi connectivity index (χ0) is 14.0. The zero-order valence-electron chi connectivity index (χ0n) is 9.27. The van der Waals surface area contributed by atoms with Crippen molar-refractivity contribution < 1.29 is 9.66 Å². The number of ether oxygens (including phenoxy) is 1. The molecule has 98 valence electrons. The number of halogens is 3.